The number of fused-ring (bicyclic) bond motifs is 3. The molecule has 22 heavy (non-hydrogen) atoms. The zero-order valence-electron chi connectivity index (χ0n) is 12.5. The molecule has 0 saturated carbocycles. The normalized spacial score (nSPS) is 19.1. The van der Waals surface area contributed by atoms with Crippen LogP contribution in [-0.4, -0.2) is 32.6 Å². The summed E-state index contributed by atoms with van der Waals surface area (Å²) >= 11 is 0. The Labute approximate surface area is 128 Å². The lowest BCUT2D eigenvalue weighted by atomic mass is 10.0. The van der Waals surface area contributed by atoms with Gasteiger partial charge in [0.05, 0.1) is 5.39 Å². The molecular weight excluding hydrogens is 278 g/mol. The van der Waals surface area contributed by atoms with E-state index in [2.05, 4.69) is 26.8 Å². The molecule has 0 aliphatic carbocycles. The van der Waals surface area contributed by atoms with E-state index in [4.69, 9.17) is 5.73 Å². The van der Waals surface area contributed by atoms with Crippen LogP contribution in [0.15, 0.2) is 18.2 Å². The monoisotopic (exact) mass is 297 g/mol. The Balaban J connectivity index is 2.03. The van der Waals surface area contributed by atoms with Crippen molar-refractivity contribution in [2.75, 3.05) is 17.2 Å². The van der Waals surface area contributed by atoms with Crippen LogP contribution in [0.4, 0.5) is 11.8 Å². The van der Waals surface area contributed by atoms with E-state index >= 15 is 0 Å². The molecule has 1 aliphatic heterocycles. The van der Waals surface area contributed by atoms with Gasteiger partial charge in [-0.2, -0.15) is 9.97 Å². The van der Waals surface area contributed by atoms with Gasteiger partial charge in [-0.25, -0.2) is 0 Å². The van der Waals surface area contributed by atoms with Crippen LogP contribution >= 0.6 is 0 Å². The highest BCUT2D eigenvalue weighted by Crippen LogP contribution is 2.36. The van der Waals surface area contributed by atoms with E-state index in [0.717, 1.165) is 47.1 Å². The average molecular weight is 297 g/mol. The Morgan fingerprint density at radius 2 is 2.18 bits per heavy atom. The lowest BCUT2D eigenvalue weighted by Gasteiger charge is -2.34. The summed E-state index contributed by atoms with van der Waals surface area (Å²) in [5.74, 6) is 1.38. The number of nitrogen functional groups attached to an aromatic ring is 1. The number of aromatic nitrogens is 3. The number of piperidine rings is 1. The molecule has 1 atom stereocenters. The fourth-order valence-corrected chi connectivity index (χ4v) is 3.40. The number of hydrogen-bond acceptors (Lipinski definition) is 5. The number of H-pyrrole nitrogens is 1. The molecular formula is C16H19N5O. The van der Waals surface area contributed by atoms with Crippen LogP contribution in [0.1, 0.15) is 26.2 Å². The number of nitrogens with zero attached hydrogens (tertiary/aromatic N) is 3. The number of phenols is 1. The Morgan fingerprint density at radius 3 is 3.00 bits per heavy atom. The summed E-state index contributed by atoms with van der Waals surface area (Å²) in [6.45, 7) is 3.19. The summed E-state index contributed by atoms with van der Waals surface area (Å²) in [6, 6.07) is 5.70. The number of anilines is 2. The van der Waals surface area contributed by atoms with E-state index in [1.54, 1.807) is 12.1 Å². The lowest BCUT2D eigenvalue weighted by Crippen LogP contribution is -2.38. The van der Waals surface area contributed by atoms with Gasteiger partial charge in [-0.3, -0.25) is 0 Å². The molecule has 1 unspecified atom stereocenters. The molecule has 1 aromatic carbocycles. The van der Waals surface area contributed by atoms with E-state index in [0.29, 0.717) is 6.04 Å². The van der Waals surface area contributed by atoms with Crippen molar-refractivity contribution >= 4 is 33.7 Å². The van der Waals surface area contributed by atoms with Gasteiger partial charge in [0.2, 0.25) is 5.95 Å². The van der Waals surface area contributed by atoms with Crippen molar-refractivity contribution in [3.63, 3.8) is 0 Å². The van der Waals surface area contributed by atoms with Crippen LogP contribution in [0.2, 0.25) is 0 Å². The Bertz CT molecular complexity index is 856. The molecule has 3 heterocycles. The molecule has 114 valence electrons. The summed E-state index contributed by atoms with van der Waals surface area (Å²) in [5.41, 5.74) is 7.56. The second-order valence-corrected chi connectivity index (χ2v) is 6.02. The largest absolute Gasteiger partial charge is 0.508 e. The van der Waals surface area contributed by atoms with Gasteiger partial charge in [0, 0.05) is 23.5 Å². The number of nitrogens with one attached hydrogen (secondary N) is 1. The highest BCUT2D eigenvalue weighted by Gasteiger charge is 2.24. The minimum absolute atomic E-state index is 0.239. The third-order valence-corrected chi connectivity index (χ3v) is 4.51. The van der Waals surface area contributed by atoms with Gasteiger partial charge < -0.3 is 20.7 Å². The van der Waals surface area contributed by atoms with Crippen LogP contribution in [0, 0.1) is 0 Å². The van der Waals surface area contributed by atoms with Crippen molar-refractivity contribution in [1.82, 2.24) is 15.0 Å². The molecule has 0 spiro atoms. The standard InChI is InChI=1S/C16H19N5O/c1-9-4-2-3-7-21(9)15-13-11-8-10(22)5-6-12(11)18-14(13)19-16(17)20-15/h5-6,8-9,22H,2-4,7H2,1H3,(H3,17,18,19,20). The van der Waals surface area contributed by atoms with E-state index in [9.17, 15) is 5.11 Å². The van der Waals surface area contributed by atoms with Gasteiger partial charge in [0.1, 0.15) is 17.2 Å². The zero-order chi connectivity index (χ0) is 15.3. The molecule has 4 N–H and O–H groups in total. The van der Waals surface area contributed by atoms with Crippen molar-refractivity contribution in [2.45, 2.75) is 32.2 Å². The maximum absolute atomic E-state index is 9.82. The molecule has 1 aliphatic rings. The second kappa shape index (κ2) is 4.76. The summed E-state index contributed by atoms with van der Waals surface area (Å²) in [7, 11) is 0. The van der Waals surface area contributed by atoms with E-state index in [1.807, 2.05) is 6.07 Å². The molecule has 0 amide bonds. The fraction of sp³-hybridized carbons (Fsp3) is 0.375. The maximum Gasteiger partial charge on any atom is 0.223 e. The van der Waals surface area contributed by atoms with E-state index < -0.39 is 0 Å². The summed E-state index contributed by atoms with van der Waals surface area (Å²) in [4.78, 5) is 14.4. The van der Waals surface area contributed by atoms with Gasteiger partial charge in [-0.1, -0.05) is 0 Å². The number of nitrogens with two attached hydrogens (primary N) is 1. The smallest absolute Gasteiger partial charge is 0.223 e. The molecule has 0 radical (unpaired) electrons. The predicted octanol–water partition coefficient (Wildman–Crippen LogP) is 2.78. The summed E-state index contributed by atoms with van der Waals surface area (Å²) in [6.07, 6.45) is 3.55. The molecule has 1 fully saturated rings. The molecule has 6 heteroatoms. The lowest BCUT2D eigenvalue weighted by molar-refractivity contribution is 0.476. The topological polar surface area (TPSA) is 91.1 Å². The summed E-state index contributed by atoms with van der Waals surface area (Å²) in [5, 5.41) is 11.7. The highest BCUT2D eigenvalue weighted by molar-refractivity contribution is 6.12. The SMILES string of the molecule is CC1CCCCN1c1nc(N)nc2[nH]c3ccc(O)cc3c12. The van der Waals surface area contributed by atoms with E-state index in [1.165, 1.54) is 6.42 Å². The third-order valence-electron chi connectivity index (χ3n) is 4.51. The van der Waals surface area contributed by atoms with Gasteiger partial charge in [-0.05, 0) is 44.4 Å². The van der Waals surface area contributed by atoms with Crippen LogP contribution in [0.5, 0.6) is 5.75 Å². The van der Waals surface area contributed by atoms with Crippen LogP contribution in [-0.2, 0) is 0 Å². The van der Waals surface area contributed by atoms with Crippen molar-refractivity contribution < 1.29 is 5.11 Å². The van der Waals surface area contributed by atoms with E-state index in [-0.39, 0.29) is 11.7 Å². The number of benzene rings is 1. The van der Waals surface area contributed by atoms with Gasteiger partial charge in [-0.15, -0.1) is 0 Å². The predicted molar refractivity (Wildman–Crippen MR) is 88.1 cm³/mol. The van der Waals surface area contributed by atoms with Crippen LogP contribution in [0.25, 0.3) is 21.9 Å². The molecule has 0 bridgehead atoms. The average Bonchev–Trinajstić information content (AvgIpc) is 2.84. The minimum atomic E-state index is 0.239. The second-order valence-electron chi connectivity index (χ2n) is 6.02. The number of rotatable bonds is 1. The van der Waals surface area contributed by atoms with Gasteiger partial charge >= 0.3 is 0 Å². The number of aromatic amines is 1. The minimum Gasteiger partial charge on any atom is -0.508 e. The summed E-state index contributed by atoms with van der Waals surface area (Å²) < 4.78 is 0. The molecule has 1 saturated heterocycles. The van der Waals surface area contributed by atoms with Gasteiger partial charge in [0.15, 0.2) is 0 Å². The van der Waals surface area contributed by atoms with Crippen molar-refractivity contribution in [3.8, 4) is 5.75 Å². The molecule has 6 nitrogen and oxygen atoms in total. The number of hydrogen-bond donors (Lipinski definition) is 3. The number of phenolic OH excluding ortho intramolecular Hbond substituents is 1. The first-order valence-electron chi connectivity index (χ1n) is 7.68. The highest BCUT2D eigenvalue weighted by atomic mass is 16.3. The zero-order valence-corrected chi connectivity index (χ0v) is 12.5. The third kappa shape index (κ3) is 1.94. The Morgan fingerprint density at radius 1 is 1.32 bits per heavy atom. The Kier molecular flexibility index (Phi) is 2.85. The van der Waals surface area contributed by atoms with Crippen molar-refractivity contribution in [2.24, 2.45) is 0 Å². The quantitative estimate of drug-likeness (QED) is 0.642. The van der Waals surface area contributed by atoms with Gasteiger partial charge in [0.25, 0.3) is 0 Å². The first kappa shape index (κ1) is 13.2. The molecule has 3 aromatic rings. The van der Waals surface area contributed by atoms with Crippen molar-refractivity contribution in [1.29, 1.82) is 0 Å². The maximum atomic E-state index is 9.82. The number of aromatic hydroxyl groups is 1. The van der Waals surface area contributed by atoms with Crippen molar-refractivity contribution in [3.05, 3.63) is 18.2 Å². The Hall–Kier alpha value is -2.50. The first-order chi connectivity index (χ1) is 10.6. The van der Waals surface area contributed by atoms with Crippen LogP contribution in [0.3, 0.4) is 0 Å². The molecule has 2 aromatic heterocycles. The molecule has 4 rings (SSSR count). The fourth-order valence-electron chi connectivity index (χ4n) is 3.40. The first-order valence-corrected chi connectivity index (χ1v) is 7.68. The van der Waals surface area contributed by atoms with Crippen LogP contribution < -0.4 is 10.6 Å².